The van der Waals surface area contributed by atoms with Crippen molar-refractivity contribution in [2.45, 2.75) is 13.0 Å². The fourth-order valence-electron chi connectivity index (χ4n) is 2.34. The van der Waals surface area contributed by atoms with E-state index in [1.807, 2.05) is 6.92 Å². The van der Waals surface area contributed by atoms with Gasteiger partial charge in [-0.2, -0.15) is 0 Å². The minimum Gasteiger partial charge on any atom is -0.497 e. The average molecular weight is 333 g/mol. The van der Waals surface area contributed by atoms with E-state index in [2.05, 4.69) is 5.32 Å². The Hall–Kier alpha value is -2.76. The maximum atomic E-state index is 13.7. The molecule has 2 aromatic rings. The second-order valence-electron chi connectivity index (χ2n) is 5.15. The number of hydrogen-bond donors (Lipinski definition) is 1. The Kier molecular flexibility index (Phi) is 5.63. The van der Waals surface area contributed by atoms with Crippen LogP contribution in [0, 0.1) is 5.82 Å². The van der Waals surface area contributed by atoms with Gasteiger partial charge in [0.2, 0.25) is 0 Å². The molecule has 0 bridgehead atoms. The molecule has 0 unspecified atom stereocenters. The van der Waals surface area contributed by atoms with Crippen LogP contribution >= 0.6 is 0 Å². The predicted molar refractivity (Wildman–Crippen MR) is 88.4 cm³/mol. The van der Waals surface area contributed by atoms with Crippen molar-refractivity contribution in [2.75, 3.05) is 21.3 Å². The van der Waals surface area contributed by atoms with Gasteiger partial charge in [-0.25, -0.2) is 4.39 Å². The molecule has 0 fully saturated rings. The Morgan fingerprint density at radius 3 is 2.25 bits per heavy atom. The lowest BCUT2D eigenvalue weighted by Gasteiger charge is -2.18. The van der Waals surface area contributed by atoms with Gasteiger partial charge < -0.3 is 19.5 Å². The summed E-state index contributed by atoms with van der Waals surface area (Å²) in [7, 11) is 4.49. The Bertz CT molecular complexity index is 733. The molecule has 128 valence electrons. The molecule has 0 spiro atoms. The highest BCUT2D eigenvalue weighted by Crippen LogP contribution is 2.29. The highest BCUT2D eigenvalue weighted by Gasteiger charge is 2.17. The number of amides is 1. The molecule has 5 nitrogen and oxygen atoms in total. The number of methoxy groups -OCH3 is 3. The zero-order valence-electron chi connectivity index (χ0n) is 14.1. The number of ether oxygens (including phenoxy) is 3. The third-order valence-electron chi connectivity index (χ3n) is 3.66. The molecule has 2 aromatic carbocycles. The molecule has 0 aliphatic rings. The average Bonchev–Trinajstić information content (AvgIpc) is 2.60. The third-order valence-corrected chi connectivity index (χ3v) is 3.66. The van der Waals surface area contributed by atoms with Gasteiger partial charge in [-0.3, -0.25) is 4.79 Å². The minimum absolute atomic E-state index is 0.0917. The number of hydrogen-bond acceptors (Lipinski definition) is 4. The van der Waals surface area contributed by atoms with E-state index in [9.17, 15) is 9.18 Å². The summed E-state index contributed by atoms with van der Waals surface area (Å²) in [5, 5.41) is 2.82. The molecule has 0 heterocycles. The first-order chi connectivity index (χ1) is 11.5. The van der Waals surface area contributed by atoms with E-state index < -0.39 is 11.7 Å². The molecule has 1 amide bonds. The SMILES string of the molecule is COc1ccc(OC)c([C@@H](C)NC(=O)c2ccc(OC)c(F)c2)c1. The fourth-order valence-corrected chi connectivity index (χ4v) is 2.34. The molecule has 1 N–H and O–H groups in total. The van der Waals surface area contributed by atoms with Crippen LogP contribution in [0.25, 0.3) is 0 Å². The number of carbonyl (C=O) groups excluding carboxylic acids is 1. The van der Waals surface area contributed by atoms with Crippen molar-refractivity contribution < 1.29 is 23.4 Å². The Balaban J connectivity index is 2.21. The van der Waals surface area contributed by atoms with Crippen LogP contribution in [-0.4, -0.2) is 27.2 Å². The Morgan fingerprint density at radius 2 is 1.67 bits per heavy atom. The fraction of sp³-hybridized carbons (Fsp3) is 0.278. The van der Waals surface area contributed by atoms with Crippen molar-refractivity contribution in [2.24, 2.45) is 0 Å². The van der Waals surface area contributed by atoms with Gasteiger partial charge in [0.1, 0.15) is 11.5 Å². The molecular weight excluding hydrogens is 313 g/mol. The molecule has 0 saturated carbocycles. The van der Waals surface area contributed by atoms with Gasteiger partial charge in [-0.1, -0.05) is 0 Å². The zero-order valence-corrected chi connectivity index (χ0v) is 14.1. The summed E-state index contributed by atoms with van der Waals surface area (Å²) >= 11 is 0. The van der Waals surface area contributed by atoms with E-state index in [1.165, 1.54) is 19.2 Å². The van der Waals surface area contributed by atoms with Crippen LogP contribution in [0.1, 0.15) is 28.9 Å². The standard InChI is InChI=1S/C18H20FNO4/c1-11(14-10-13(22-2)6-8-16(14)23-3)20-18(21)12-5-7-17(24-4)15(19)9-12/h5-11H,1-4H3,(H,20,21)/t11-/m1/s1. The van der Waals surface area contributed by atoms with Crippen molar-refractivity contribution in [1.29, 1.82) is 0 Å². The van der Waals surface area contributed by atoms with E-state index in [-0.39, 0.29) is 17.4 Å². The summed E-state index contributed by atoms with van der Waals surface area (Å²) < 4.78 is 29.1. The van der Waals surface area contributed by atoms with Crippen molar-refractivity contribution in [1.82, 2.24) is 5.32 Å². The van der Waals surface area contributed by atoms with E-state index >= 15 is 0 Å². The molecule has 0 aliphatic heterocycles. The predicted octanol–water partition coefficient (Wildman–Crippen LogP) is 3.34. The first-order valence-electron chi connectivity index (χ1n) is 7.36. The number of carbonyl (C=O) groups is 1. The number of rotatable bonds is 6. The van der Waals surface area contributed by atoms with Crippen LogP contribution in [0.4, 0.5) is 4.39 Å². The lowest BCUT2D eigenvalue weighted by Crippen LogP contribution is -2.27. The maximum Gasteiger partial charge on any atom is 0.251 e. The number of nitrogens with one attached hydrogen (secondary N) is 1. The minimum atomic E-state index is -0.586. The molecule has 0 radical (unpaired) electrons. The summed E-state index contributed by atoms with van der Waals surface area (Å²) in [4.78, 5) is 12.3. The molecule has 2 rings (SSSR count). The molecule has 0 aliphatic carbocycles. The molecule has 6 heteroatoms. The van der Waals surface area contributed by atoms with Gasteiger partial charge in [0.25, 0.3) is 5.91 Å². The van der Waals surface area contributed by atoms with Crippen LogP contribution in [0.3, 0.4) is 0 Å². The molecule has 0 aromatic heterocycles. The van der Waals surface area contributed by atoms with Crippen molar-refractivity contribution in [3.8, 4) is 17.2 Å². The first kappa shape index (κ1) is 17.6. The van der Waals surface area contributed by atoms with Crippen molar-refractivity contribution >= 4 is 5.91 Å². The monoisotopic (exact) mass is 333 g/mol. The summed E-state index contributed by atoms with van der Waals surface area (Å²) in [5.41, 5.74) is 0.973. The van der Waals surface area contributed by atoms with E-state index in [4.69, 9.17) is 14.2 Å². The smallest absolute Gasteiger partial charge is 0.251 e. The molecule has 24 heavy (non-hydrogen) atoms. The zero-order chi connectivity index (χ0) is 17.7. The third kappa shape index (κ3) is 3.76. The summed E-state index contributed by atoms with van der Waals surface area (Å²) in [6.07, 6.45) is 0. The largest absolute Gasteiger partial charge is 0.497 e. The van der Waals surface area contributed by atoms with Gasteiger partial charge in [0, 0.05) is 11.1 Å². The Morgan fingerprint density at radius 1 is 1.00 bits per heavy atom. The van der Waals surface area contributed by atoms with Crippen LogP contribution < -0.4 is 19.5 Å². The molecule has 1 atom stereocenters. The van der Waals surface area contributed by atoms with Crippen LogP contribution in [0.5, 0.6) is 17.2 Å². The van der Waals surface area contributed by atoms with E-state index in [0.717, 1.165) is 11.6 Å². The van der Waals surface area contributed by atoms with E-state index in [0.29, 0.717) is 11.5 Å². The number of halogens is 1. The normalized spacial score (nSPS) is 11.5. The van der Waals surface area contributed by atoms with Crippen LogP contribution in [0.2, 0.25) is 0 Å². The van der Waals surface area contributed by atoms with Gasteiger partial charge in [-0.05, 0) is 43.3 Å². The second-order valence-corrected chi connectivity index (χ2v) is 5.15. The number of benzene rings is 2. The lowest BCUT2D eigenvalue weighted by atomic mass is 10.1. The van der Waals surface area contributed by atoms with Crippen molar-refractivity contribution in [3.05, 3.63) is 53.3 Å². The summed E-state index contributed by atoms with van der Waals surface area (Å²) in [6, 6.07) is 9.04. The second kappa shape index (κ2) is 7.68. The summed E-state index contributed by atoms with van der Waals surface area (Å²) in [5.74, 6) is 0.395. The first-order valence-corrected chi connectivity index (χ1v) is 7.36. The Labute approximate surface area is 140 Å². The van der Waals surface area contributed by atoms with Gasteiger partial charge in [0.15, 0.2) is 11.6 Å². The van der Waals surface area contributed by atoms with Gasteiger partial charge >= 0.3 is 0 Å². The highest BCUT2D eigenvalue weighted by atomic mass is 19.1. The summed E-state index contributed by atoms with van der Waals surface area (Å²) in [6.45, 7) is 1.81. The van der Waals surface area contributed by atoms with Crippen LogP contribution in [0.15, 0.2) is 36.4 Å². The molecular formula is C18H20FNO4. The topological polar surface area (TPSA) is 56.8 Å². The van der Waals surface area contributed by atoms with Crippen molar-refractivity contribution in [3.63, 3.8) is 0 Å². The quantitative estimate of drug-likeness (QED) is 0.881. The highest BCUT2D eigenvalue weighted by molar-refractivity contribution is 5.94. The van der Waals surface area contributed by atoms with Gasteiger partial charge in [0.05, 0.1) is 27.4 Å². The lowest BCUT2D eigenvalue weighted by molar-refractivity contribution is 0.0939. The van der Waals surface area contributed by atoms with Gasteiger partial charge in [-0.15, -0.1) is 0 Å². The molecule has 0 saturated heterocycles. The maximum absolute atomic E-state index is 13.7. The van der Waals surface area contributed by atoms with E-state index in [1.54, 1.807) is 32.4 Å². The van der Waals surface area contributed by atoms with Crippen LogP contribution in [-0.2, 0) is 0 Å².